The minimum atomic E-state index is -0.231. The molecule has 0 aromatic heterocycles. The SMILES string of the molecule is O=C1CC2(CN1)C1CC2CN(C(=O)OCc2ccccc2)C1. The molecular weight excluding hydrogens is 280 g/mol. The largest absolute Gasteiger partial charge is 0.445 e. The van der Waals surface area contributed by atoms with E-state index in [9.17, 15) is 9.59 Å². The second-order valence-corrected chi connectivity index (χ2v) is 6.76. The number of ether oxygens (including phenoxy) is 1. The van der Waals surface area contributed by atoms with E-state index in [-0.39, 0.29) is 17.4 Å². The van der Waals surface area contributed by atoms with Crippen molar-refractivity contribution in [2.45, 2.75) is 19.4 Å². The lowest BCUT2D eigenvalue weighted by atomic mass is 9.50. The molecule has 1 aromatic carbocycles. The molecule has 2 amide bonds. The fraction of sp³-hybridized carbons (Fsp3) is 0.529. The summed E-state index contributed by atoms with van der Waals surface area (Å²) >= 11 is 0. The van der Waals surface area contributed by atoms with Crippen LogP contribution in [0.2, 0.25) is 0 Å². The van der Waals surface area contributed by atoms with Gasteiger partial charge in [-0.05, 0) is 23.8 Å². The molecule has 3 saturated heterocycles. The number of piperidine rings is 2. The predicted molar refractivity (Wildman–Crippen MR) is 79.9 cm³/mol. The molecule has 4 aliphatic rings. The topological polar surface area (TPSA) is 58.6 Å². The molecule has 3 aliphatic heterocycles. The highest BCUT2D eigenvalue weighted by molar-refractivity contribution is 5.80. The molecule has 1 N–H and O–H groups in total. The normalized spacial score (nSPS) is 32.5. The van der Waals surface area contributed by atoms with Gasteiger partial charge in [-0.25, -0.2) is 4.79 Å². The van der Waals surface area contributed by atoms with Crippen LogP contribution in [0, 0.1) is 17.3 Å². The third-order valence-electron chi connectivity index (χ3n) is 5.64. The highest BCUT2D eigenvalue weighted by atomic mass is 16.6. The van der Waals surface area contributed by atoms with Gasteiger partial charge in [-0.15, -0.1) is 0 Å². The molecule has 116 valence electrons. The number of amides is 2. The summed E-state index contributed by atoms with van der Waals surface area (Å²) in [4.78, 5) is 25.6. The standard InChI is InChI=1S/C17H20N2O3/c20-15-7-17(11-18-15)13-6-14(17)9-19(8-13)16(21)22-10-12-4-2-1-3-5-12/h1-5,13-14H,6-11H2,(H,18,20). The number of rotatable bonds is 2. The van der Waals surface area contributed by atoms with Crippen molar-refractivity contribution in [3.05, 3.63) is 35.9 Å². The van der Waals surface area contributed by atoms with E-state index < -0.39 is 0 Å². The van der Waals surface area contributed by atoms with Gasteiger partial charge in [-0.2, -0.15) is 0 Å². The van der Waals surface area contributed by atoms with Crippen LogP contribution in [0.4, 0.5) is 4.79 Å². The lowest BCUT2D eigenvalue weighted by molar-refractivity contribution is -0.129. The Bertz CT molecular complexity index is 589. The average Bonchev–Trinajstić information content (AvgIpc) is 2.98. The van der Waals surface area contributed by atoms with Crippen LogP contribution in [0.3, 0.4) is 0 Å². The van der Waals surface area contributed by atoms with Crippen molar-refractivity contribution in [2.75, 3.05) is 19.6 Å². The molecule has 1 saturated carbocycles. The van der Waals surface area contributed by atoms with Gasteiger partial charge < -0.3 is 15.0 Å². The first-order valence-electron chi connectivity index (χ1n) is 7.90. The lowest BCUT2D eigenvalue weighted by Crippen LogP contribution is -2.64. The summed E-state index contributed by atoms with van der Waals surface area (Å²) in [6.07, 6.45) is 1.54. The van der Waals surface area contributed by atoms with Gasteiger partial charge in [0.1, 0.15) is 6.61 Å². The maximum absolute atomic E-state index is 12.2. The molecule has 2 atom stereocenters. The molecule has 1 aliphatic carbocycles. The van der Waals surface area contributed by atoms with Crippen molar-refractivity contribution in [1.29, 1.82) is 0 Å². The highest BCUT2D eigenvalue weighted by Crippen LogP contribution is 2.58. The Morgan fingerprint density at radius 2 is 2.00 bits per heavy atom. The highest BCUT2D eigenvalue weighted by Gasteiger charge is 2.61. The Labute approximate surface area is 129 Å². The first-order chi connectivity index (χ1) is 10.7. The van der Waals surface area contributed by atoms with Crippen LogP contribution >= 0.6 is 0 Å². The number of hydrogen-bond donors (Lipinski definition) is 1. The van der Waals surface area contributed by atoms with E-state index in [0.717, 1.165) is 31.6 Å². The quantitative estimate of drug-likeness (QED) is 0.906. The van der Waals surface area contributed by atoms with Crippen LogP contribution in [0.25, 0.3) is 0 Å². The van der Waals surface area contributed by atoms with E-state index in [1.807, 2.05) is 35.2 Å². The maximum Gasteiger partial charge on any atom is 0.410 e. The zero-order chi connectivity index (χ0) is 15.2. The molecule has 5 nitrogen and oxygen atoms in total. The van der Waals surface area contributed by atoms with E-state index in [1.165, 1.54) is 0 Å². The van der Waals surface area contributed by atoms with Crippen LogP contribution in [0.1, 0.15) is 18.4 Å². The smallest absolute Gasteiger partial charge is 0.410 e. The van der Waals surface area contributed by atoms with E-state index in [1.54, 1.807) is 0 Å². The molecule has 4 fully saturated rings. The third kappa shape index (κ3) is 2.07. The van der Waals surface area contributed by atoms with Crippen molar-refractivity contribution in [3.63, 3.8) is 0 Å². The van der Waals surface area contributed by atoms with Gasteiger partial charge >= 0.3 is 6.09 Å². The molecule has 5 rings (SSSR count). The summed E-state index contributed by atoms with van der Waals surface area (Å²) in [5.74, 6) is 1.04. The van der Waals surface area contributed by atoms with E-state index in [2.05, 4.69) is 5.32 Å². The summed E-state index contributed by atoms with van der Waals surface area (Å²) in [7, 11) is 0. The third-order valence-corrected chi connectivity index (χ3v) is 5.64. The molecule has 0 radical (unpaired) electrons. The molecular formula is C17H20N2O3. The summed E-state index contributed by atoms with van der Waals surface area (Å²) < 4.78 is 5.41. The fourth-order valence-electron chi connectivity index (χ4n) is 4.33. The van der Waals surface area contributed by atoms with Gasteiger partial charge in [0.25, 0.3) is 0 Å². The zero-order valence-corrected chi connectivity index (χ0v) is 12.5. The number of carbonyl (C=O) groups is 2. The minimum absolute atomic E-state index is 0.118. The first-order valence-corrected chi connectivity index (χ1v) is 7.90. The van der Waals surface area contributed by atoms with Crippen LogP contribution in [0.15, 0.2) is 30.3 Å². The average molecular weight is 300 g/mol. The molecule has 3 heterocycles. The Morgan fingerprint density at radius 3 is 2.64 bits per heavy atom. The fourth-order valence-corrected chi connectivity index (χ4v) is 4.33. The Balaban J connectivity index is 1.34. The minimum Gasteiger partial charge on any atom is -0.445 e. The number of nitrogens with zero attached hydrogens (tertiary/aromatic N) is 1. The number of carbonyl (C=O) groups excluding carboxylic acids is 2. The second-order valence-electron chi connectivity index (χ2n) is 6.76. The van der Waals surface area contributed by atoms with Gasteiger partial charge in [0.15, 0.2) is 0 Å². The summed E-state index contributed by atoms with van der Waals surface area (Å²) in [5.41, 5.74) is 1.12. The monoisotopic (exact) mass is 300 g/mol. The van der Waals surface area contributed by atoms with Gasteiger partial charge in [-0.1, -0.05) is 30.3 Å². The van der Waals surface area contributed by atoms with Crippen molar-refractivity contribution >= 4 is 12.0 Å². The Kier molecular flexibility index (Phi) is 3.10. The van der Waals surface area contributed by atoms with Crippen LogP contribution < -0.4 is 5.32 Å². The lowest BCUT2D eigenvalue weighted by Gasteiger charge is -2.60. The Morgan fingerprint density at radius 1 is 1.27 bits per heavy atom. The maximum atomic E-state index is 12.2. The van der Waals surface area contributed by atoms with Crippen LogP contribution in [0.5, 0.6) is 0 Å². The van der Waals surface area contributed by atoms with E-state index in [4.69, 9.17) is 4.74 Å². The molecule has 22 heavy (non-hydrogen) atoms. The van der Waals surface area contributed by atoms with E-state index in [0.29, 0.717) is 24.9 Å². The molecule has 2 unspecified atom stereocenters. The Hall–Kier alpha value is -2.04. The van der Waals surface area contributed by atoms with Crippen molar-refractivity contribution in [3.8, 4) is 0 Å². The van der Waals surface area contributed by atoms with Crippen molar-refractivity contribution < 1.29 is 14.3 Å². The van der Waals surface area contributed by atoms with Gasteiger partial charge in [0.2, 0.25) is 5.91 Å². The molecule has 2 bridgehead atoms. The second kappa shape index (κ2) is 5.00. The summed E-state index contributed by atoms with van der Waals surface area (Å²) in [6.45, 7) is 2.54. The van der Waals surface area contributed by atoms with E-state index >= 15 is 0 Å². The van der Waals surface area contributed by atoms with Gasteiger partial charge in [0.05, 0.1) is 0 Å². The number of fused-ring (bicyclic) bond motifs is 2. The number of benzene rings is 1. The molecule has 5 heteroatoms. The molecule has 1 aromatic rings. The molecule has 1 spiro atoms. The van der Waals surface area contributed by atoms with Crippen LogP contribution in [-0.2, 0) is 16.1 Å². The van der Waals surface area contributed by atoms with Crippen molar-refractivity contribution in [2.24, 2.45) is 17.3 Å². The zero-order valence-electron chi connectivity index (χ0n) is 12.5. The predicted octanol–water partition coefficient (Wildman–Crippen LogP) is 1.78. The van der Waals surface area contributed by atoms with Gasteiger partial charge in [-0.3, -0.25) is 4.79 Å². The summed E-state index contributed by atoms with van der Waals surface area (Å²) in [6, 6.07) is 9.72. The number of nitrogens with one attached hydrogen (secondary N) is 1. The summed E-state index contributed by atoms with van der Waals surface area (Å²) in [5, 5.41) is 2.96. The van der Waals surface area contributed by atoms with Crippen LogP contribution in [-0.4, -0.2) is 36.5 Å². The number of hydrogen-bond acceptors (Lipinski definition) is 3. The van der Waals surface area contributed by atoms with Crippen molar-refractivity contribution in [1.82, 2.24) is 10.2 Å². The first kappa shape index (κ1) is 13.6. The van der Waals surface area contributed by atoms with Gasteiger partial charge in [0, 0.05) is 31.5 Å².